The van der Waals surface area contributed by atoms with Gasteiger partial charge >= 0.3 is 0 Å². The van der Waals surface area contributed by atoms with E-state index in [9.17, 15) is 4.79 Å². The van der Waals surface area contributed by atoms with Gasteiger partial charge in [-0.25, -0.2) is 0 Å². The molecular weight excluding hydrogens is 304 g/mol. The molecule has 5 nitrogen and oxygen atoms in total. The first-order chi connectivity index (χ1) is 11.5. The lowest BCUT2D eigenvalue weighted by Gasteiger charge is -2.26. The van der Waals surface area contributed by atoms with E-state index < -0.39 is 5.54 Å². The Labute approximate surface area is 143 Å². The van der Waals surface area contributed by atoms with Crippen LogP contribution in [0.15, 0.2) is 42.7 Å². The van der Waals surface area contributed by atoms with Crippen molar-refractivity contribution < 1.29 is 14.3 Å². The summed E-state index contributed by atoms with van der Waals surface area (Å²) in [6, 6.07) is 9.53. The summed E-state index contributed by atoms with van der Waals surface area (Å²) in [5, 5.41) is 3.07. The first-order valence-corrected chi connectivity index (χ1v) is 7.88. The third-order valence-corrected chi connectivity index (χ3v) is 3.94. The Kier molecular flexibility index (Phi) is 5.79. The summed E-state index contributed by atoms with van der Waals surface area (Å²) in [6.07, 6.45) is 4.50. The van der Waals surface area contributed by atoms with E-state index in [1.54, 1.807) is 26.6 Å². The topological polar surface area (TPSA) is 60.5 Å². The van der Waals surface area contributed by atoms with Crippen LogP contribution >= 0.6 is 0 Å². The molecule has 1 heterocycles. The quantitative estimate of drug-likeness (QED) is 0.848. The number of hydrogen-bond acceptors (Lipinski definition) is 4. The van der Waals surface area contributed by atoms with Crippen LogP contribution in [0.5, 0.6) is 11.5 Å². The first-order valence-electron chi connectivity index (χ1n) is 7.88. The average Bonchev–Trinajstić information content (AvgIpc) is 2.60. The standard InChI is InChI=1S/C19H24N2O3/c1-19(2,15-9-11-20-12-10-15)21-18(22)8-6-14-5-7-16(23-3)17(13-14)24-4/h5,7,9-13H,6,8H2,1-4H3,(H,21,22). The summed E-state index contributed by atoms with van der Waals surface area (Å²) < 4.78 is 10.5. The number of nitrogens with zero attached hydrogens (tertiary/aromatic N) is 1. The van der Waals surface area contributed by atoms with Gasteiger partial charge < -0.3 is 14.8 Å². The van der Waals surface area contributed by atoms with E-state index >= 15 is 0 Å². The predicted octanol–water partition coefficient (Wildman–Crippen LogP) is 3.08. The van der Waals surface area contributed by atoms with E-state index in [0.29, 0.717) is 24.3 Å². The molecule has 0 unspecified atom stereocenters. The number of ether oxygens (including phenoxy) is 2. The van der Waals surface area contributed by atoms with Crippen molar-refractivity contribution in [2.24, 2.45) is 0 Å². The Balaban J connectivity index is 1.96. The molecule has 0 spiro atoms. The zero-order chi connectivity index (χ0) is 17.6. The molecule has 1 N–H and O–H groups in total. The Bertz CT molecular complexity index is 684. The SMILES string of the molecule is COc1ccc(CCC(=O)NC(C)(C)c2ccncc2)cc1OC. The monoisotopic (exact) mass is 328 g/mol. The lowest BCUT2D eigenvalue weighted by molar-refractivity contribution is -0.122. The van der Waals surface area contributed by atoms with E-state index in [1.807, 2.05) is 44.2 Å². The molecule has 24 heavy (non-hydrogen) atoms. The fraction of sp³-hybridized carbons (Fsp3) is 0.368. The van der Waals surface area contributed by atoms with Gasteiger partial charge in [-0.05, 0) is 55.7 Å². The zero-order valence-corrected chi connectivity index (χ0v) is 14.6. The van der Waals surface area contributed by atoms with Crippen molar-refractivity contribution in [2.75, 3.05) is 14.2 Å². The average molecular weight is 328 g/mol. The number of pyridine rings is 1. The normalized spacial score (nSPS) is 11.0. The number of nitrogens with one attached hydrogen (secondary N) is 1. The molecule has 1 aromatic heterocycles. The summed E-state index contributed by atoms with van der Waals surface area (Å²) in [4.78, 5) is 16.3. The van der Waals surface area contributed by atoms with Crippen molar-refractivity contribution in [1.29, 1.82) is 0 Å². The number of carbonyl (C=O) groups is 1. The van der Waals surface area contributed by atoms with Gasteiger partial charge in [0.1, 0.15) is 0 Å². The second-order valence-electron chi connectivity index (χ2n) is 6.10. The molecule has 1 amide bonds. The lowest BCUT2D eigenvalue weighted by atomic mass is 9.95. The van der Waals surface area contributed by atoms with Crippen molar-refractivity contribution in [3.05, 3.63) is 53.9 Å². The maximum Gasteiger partial charge on any atom is 0.221 e. The Morgan fingerprint density at radius 1 is 1.08 bits per heavy atom. The van der Waals surface area contributed by atoms with Crippen LogP contribution < -0.4 is 14.8 Å². The van der Waals surface area contributed by atoms with Gasteiger partial charge in [0.05, 0.1) is 19.8 Å². The van der Waals surface area contributed by atoms with Crippen molar-refractivity contribution in [1.82, 2.24) is 10.3 Å². The third-order valence-electron chi connectivity index (χ3n) is 3.94. The maximum atomic E-state index is 12.3. The molecule has 0 saturated heterocycles. The number of rotatable bonds is 7. The van der Waals surface area contributed by atoms with Crippen LogP contribution in [0.4, 0.5) is 0 Å². The van der Waals surface area contributed by atoms with Crippen molar-refractivity contribution in [3.63, 3.8) is 0 Å². The number of hydrogen-bond donors (Lipinski definition) is 1. The minimum absolute atomic E-state index is 0.00611. The second kappa shape index (κ2) is 7.81. The summed E-state index contributed by atoms with van der Waals surface area (Å²) >= 11 is 0. The zero-order valence-electron chi connectivity index (χ0n) is 14.6. The van der Waals surface area contributed by atoms with Gasteiger partial charge in [0.25, 0.3) is 0 Å². The van der Waals surface area contributed by atoms with E-state index in [2.05, 4.69) is 10.3 Å². The highest BCUT2D eigenvalue weighted by molar-refractivity contribution is 5.77. The van der Waals surface area contributed by atoms with E-state index in [1.165, 1.54) is 0 Å². The molecule has 0 fully saturated rings. The minimum atomic E-state index is -0.433. The highest BCUT2D eigenvalue weighted by atomic mass is 16.5. The molecule has 0 aliphatic carbocycles. The molecule has 0 atom stereocenters. The van der Waals surface area contributed by atoms with Crippen molar-refractivity contribution in [2.45, 2.75) is 32.2 Å². The van der Waals surface area contributed by atoms with Crippen LogP contribution in [0.25, 0.3) is 0 Å². The summed E-state index contributed by atoms with van der Waals surface area (Å²) in [5.41, 5.74) is 1.62. The molecule has 5 heteroatoms. The lowest BCUT2D eigenvalue weighted by Crippen LogP contribution is -2.41. The molecule has 0 radical (unpaired) electrons. The van der Waals surface area contributed by atoms with Crippen LogP contribution in [0.2, 0.25) is 0 Å². The number of aromatic nitrogens is 1. The van der Waals surface area contributed by atoms with E-state index in [4.69, 9.17) is 9.47 Å². The summed E-state index contributed by atoms with van der Waals surface area (Å²) in [7, 11) is 3.21. The Morgan fingerprint density at radius 3 is 2.38 bits per heavy atom. The smallest absolute Gasteiger partial charge is 0.221 e. The molecular formula is C19H24N2O3. The van der Waals surface area contributed by atoms with E-state index in [0.717, 1.165) is 11.1 Å². The Hall–Kier alpha value is -2.56. The van der Waals surface area contributed by atoms with Crippen LogP contribution in [0.1, 0.15) is 31.4 Å². The number of aryl methyl sites for hydroxylation is 1. The number of carbonyl (C=O) groups excluding carboxylic acids is 1. The van der Waals surface area contributed by atoms with Gasteiger partial charge in [-0.15, -0.1) is 0 Å². The molecule has 0 aliphatic rings. The molecule has 0 saturated carbocycles. The van der Waals surface area contributed by atoms with Crippen LogP contribution in [0.3, 0.4) is 0 Å². The van der Waals surface area contributed by atoms with Crippen LogP contribution in [-0.4, -0.2) is 25.1 Å². The van der Waals surface area contributed by atoms with Crippen molar-refractivity contribution in [3.8, 4) is 11.5 Å². The highest BCUT2D eigenvalue weighted by Gasteiger charge is 2.22. The first kappa shape index (κ1) is 17.8. The van der Waals surface area contributed by atoms with Gasteiger partial charge in [-0.2, -0.15) is 0 Å². The van der Waals surface area contributed by atoms with Crippen LogP contribution in [-0.2, 0) is 16.8 Å². The fourth-order valence-corrected chi connectivity index (χ4v) is 2.55. The molecule has 2 aromatic rings. The van der Waals surface area contributed by atoms with Crippen LogP contribution in [0, 0.1) is 0 Å². The number of methoxy groups -OCH3 is 2. The van der Waals surface area contributed by atoms with Crippen molar-refractivity contribution >= 4 is 5.91 Å². The fourth-order valence-electron chi connectivity index (χ4n) is 2.55. The van der Waals surface area contributed by atoms with E-state index in [-0.39, 0.29) is 5.91 Å². The second-order valence-corrected chi connectivity index (χ2v) is 6.10. The largest absolute Gasteiger partial charge is 0.493 e. The molecule has 2 rings (SSSR count). The third kappa shape index (κ3) is 4.47. The molecule has 0 bridgehead atoms. The summed E-state index contributed by atoms with van der Waals surface area (Å²) in [6.45, 7) is 3.97. The molecule has 0 aliphatic heterocycles. The summed E-state index contributed by atoms with van der Waals surface area (Å²) in [5.74, 6) is 1.36. The number of benzene rings is 1. The van der Waals surface area contributed by atoms with Gasteiger partial charge in [0.2, 0.25) is 5.91 Å². The Morgan fingerprint density at radius 2 is 1.75 bits per heavy atom. The highest BCUT2D eigenvalue weighted by Crippen LogP contribution is 2.28. The number of amides is 1. The van der Waals surface area contributed by atoms with Gasteiger partial charge in [-0.3, -0.25) is 9.78 Å². The minimum Gasteiger partial charge on any atom is -0.493 e. The van der Waals surface area contributed by atoms with Gasteiger partial charge in [0, 0.05) is 18.8 Å². The van der Waals surface area contributed by atoms with Gasteiger partial charge in [-0.1, -0.05) is 6.07 Å². The predicted molar refractivity (Wildman–Crippen MR) is 93.3 cm³/mol. The van der Waals surface area contributed by atoms with Gasteiger partial charge in [0.15, 0.2) is 11.5 Å². The molecule has 128 valence electrons. The molecule has 1 aromatic carbocycles. The maximum absolute atomic E-state index is 12.3.